The Morgan fingerprint density at radius 3 is 2.77 bits per heavy atom. The Balaban J connectivity index is 1.48. The van der Waals surface area contributed by atoms with E-state index in [9.17, 15) is 4.79 Å². The number of carbonyl (C=O) groups excluding carboxylic acids is 1. The van der Waals surface area contributed by atoms with E-state index in [2.05, 4.69) is 11.4 Å². The molecule has 1 spiro atoms. The van der Waals surface area contributed by atoms with Crippen molar-refractivity contribution in [1.29, 1.82) is 0 Å². The van der Waals surface area contributed by atoms with Crippen LogP contribution in [0.2, 0.25) is 0 Å². The van der Waals surface area contributed by atoms with Gasteiger partial charge in [-0.3, -0.25) is 0 Å². The highest BCUT2D eigenvalue weighted by molar-refractivity contribution is 7.13. The molecule has 4 rings (SSSR count). The number of rotatable bonds is 2. The lowest BCUT2D eigenvalue weighted by molar-refractivity contribution is -0.174. The van der Waals surface area contributed by atoms with Crippen molar-refractivity contribution in [3.63, 3.8) is 0 Å². The number of nitrogens with two attached hydrogens (primary N) is 1. The van der Waals surface area contributed by atoms with Gasteiger partial charge in [-0.2, -0.15) is 0 Å². The van der Waals surface area contributed by atoms with Crippen molar-refractivity contribution in [3.8, 4) is 10.4 Å². The third-order valence-electron chi connectivity index (χ3n) is 4.26. The minimum atomic E-state index is -0.0902. The smallest absolute Gasteiger partial charge is 0.321 e. The summed E-state index contributed by atoms with van der Waals surface area (Å²) in [5, 5.41) is 4.96. The molecule has 5 nitrogen and oxygen atoms in total. The van der Waals surface area contributed by atoms with E-state index in [1.165, 1.54) is 0 Å². The fourth-order valence-electron chi connectivity index (χ4n) is 2.94. The predicted octanol–water partition coefficient (Wildman–Crippen LogP) is 2.86. The van der Waals surface area contributed by atoms with Gasteiger partial charge >= 0.3 is 6.03 Å². The Labute approximate surface area is 132 Å². The zero-order chi connectivity index (χ0) is 15.2. The summed E-state index contributed by atoms with van der Waals surface area (Å²) in [6.07, 6.45) is 0. The number of amides is 2. The van der Waals surface area contributed by atoms with Crippen molar-refractivity contribution in [2.75, 3.05) is 37.4 Å². The Kier molecular flexibility index (Phi) is 3.09. The van der Waals surface area contributed by atoms with Crippen molar-refractivity contribution in [2.45, 2.75) is 0 Å². The van der Waals surface area contributed by atoms with Crippen LogP contribution in [0, 0.1) is 5.41 Å². The van der Waals surface area contributed by atoms with E-state index >= 15 is 0 Å². The monoisotopic (exact) mass is 315 g/mol. The quantitative estimate of drug-likeness (QED) is 0.837. The van der Waals surface area contributed by atoms with Crippen LogP contribution >= 0.6 is 11.3 Å². The summed E-state index contributed by atoms with van der Waals surface area (Å²) >= 11 is 1.66. The average Bonchev–Trinajstić information content (AvgIpc) is 2.92. The number of hydrogen-bond acceptors (Lipinski definition) is 4. The summed E-state index contributed by atoms with van der Waals surface area (Å²) < 4.78 is 5.23. The maximum absolute atomic E-state index is 12.3. The Bertz CT molecular complexity index is 702. The van der Waals surface area contributed by atoms with Gasteiger partial charge in [-0.1, -0.05) is 12.1 Å². The SMILES string of the molecule is Nc1ccc(-c2cccs2)cc1NC(=O)N1CC2(COC2)C1. The molecule has 3 heterocycles. The molecule has 2 amide bonds. The van der Waals surface area contributed by atoms with Crippen molar-refractivity contribution >= 4 is 28.7 Å². The number of urea groups is 1. The topological polar surface area (TPSA) is 67.6 Å². The molecule has 2 aliphatic rings. The van der Waals surface area contributed by atoms with Crippen molar-refractivity contribution in [1.82, 2.24) is 4.90 Å². The Morgan fingerprint density at radius 1 is 1.32 bits per heavy atom. The van der Waals surface area contributed by atoms with Gasteiger partial charge in [-0.15, -0.1) is 11.3 Å². The molecule has 2 fully saturated rings. The highest BCUT2D eigenvalue weighted by Gasteiger charge is 2.50. The normalized spacial score (nSPS) is 18.6. The summed E-state index contributed by atoms with van der Waals surface area (Å²) in [5.74, 6) is 0. The van der Waals surface area contributed by atoms with Crippen molar-refractivity contribution < 1.29 is 9.53 Å². The fourth-order valence-corrected chi connectivity index (χ4v) is 3.66. The van der Waals surface area contributed by atoms with Crippen LogP contribution in [-0.4, -0.2) is 37.2 Å². The van der Waals surface area contributed by atoms with E-state index in [0.717, 1.165) is 36.7 Å². The number of anilines is 2. The molecule has 0 radical (unpaired) electrons. The lowest BCUT2D eigenvalue weighted by Crippen LogP contribution is -2.67. The summed E-state index contributed by atoms with van der Waals surface area (Å²) in [6.45, 7) is 3.08. The Hall–Kier alpha value is -2.05. The first-order valence-electron chi connectivity index (χ1n) is 7.22. The second-order valence-electron chi connectivity index (χ2n) is 6.06. The summed E-state index contributed by atoms with van der Waals surface area (Å²) in [7, 11) is 0. The van der Waals surface area contributed by atoms with Gasteiger partial charge in [0.15, 0.2) is 0 Å². The minimum Gasteiger partial charge on any atom is -0.397 e. The average molecular weight is 315 g/mol. The molecule has 0 bridgehead atoms. The number of carbonyl (C=O) groups is 1. The molecule has 2 saturated heterocycles. The number of hydrogen-bond donors (Lipinski definition) is 2. The molecule has 1 aromatic carbocycles. The van der Waals surface area contributed by atoms with Crippen LogP contribution in [0.15, 0.2) is 35.7 Å². The first-order valence-corrected chi connectivity index (χ1v) is 8.10. The maximum atomic E-state index is 12.3. The third-order valence-corrected chi connectivity index (χ3v) is 5.18. The molecule has 22 heavy (non-hydrogen) atoms. The van der Waals surface area contributed by atoms with E-state index in [1.54, 1.807) is 16.2 Å². The largest absolute Gasteiger partial charge is 0.397 e. The third kappa shape index (κ3) is 2.24. The number of nitrogens with one attached hydrogen (secondary N) is 1. The minimum absolute atomic E-state index is 0.0902. The molecule has 0 unspecified atom stereocenters. The van der Waals surface area contributed by atoms with Crippen LogP contribution in [0.5, 0.6) is 0 Å². The molecule has 2 aliphatic heterocycles. The molecule has 0 saturated carbocycles. The molecular formula is C16H17N3O2S. The van der Waals surface area contributed by atoms with Gasteiger partial charge in [0.25, 0.3) is 0 Å². The summed E-state index contributed by atoms with van der Waals surface area (Å²) in [4.78, 5) is 15.3. The zero-order valence-corrected chi connectivity index (χ0v) is 12.9. The first-order chi connectivity index (χ1) is 10.7. The molecular weight excluding hydrogens is 298 g/mol. The van der Waals surface area contributed by atoms with Crippen molar-refractivity contribution in [2.24, 2.45) is 5.41 Å². The van der Waals surface area contributed by atoms with Gasteiger partial charge in [0.1, 0.15) is 0 Å². The highest BCUT2D eigenvalue weighted by atomic mass is 32.1. The molecule has 2 aromatic rings. The second kappa shape index (κ2) is 5.00. The lowest BCUT2D eigenvalue weighted by atomic mass is 9.78. The van der Waals surface area contributed by atoms with Gasteiger partial charge in [-0.25, -0.2) is 4.79 Å². The van der Waals surface area contributed by atoms with Crippen molar-refractivity contribution in [3.05, 3.63) is 35.7 Å². The van der Waals surface area contributed by atoms with E-state index < -0.39 is 0 Å². The maximum Gasteiger partial charge on any atom is 0.321 e. The standard InChI is InChI=1S/C16H17N3O2S/c17-12-4-3-11(14-2-1-5-22-14)6-13(12)18-15(20)19-7-16(8-19)9-21-10-16/h1-6H,7-10,17H2,(H,18,20). The zero-order valence-electron chi connectivity index (χ0n) is 12.0. The number of benzene rings is 1. The lowest BCUT2D eigenvalue weighted by Gasteiger charge is -2.54. The van der Waals surface area contributed by atoms with Crippen LogP contribution in [0.1, 0.15) is 0 Å². The second-order valence-corrected chi connectivity index (χ2v) is 7.01. The van der Waals surface area contributed by atoms with E-state index in [0.29, 0.717) is 11.4 Å². The predicted molar refractivity (Wildman–Crippen MR) is 88.0 cm³/mol. The molecule has 114 valence electrons. The number of nitrogen functional groups attached to an aromatic ring is 1. The molecule has 1 aromatic heterocycles. The number of likely N-dealkylation sites (tertiary alicyclic amines) is 1. The van der Waals surface area contributed by atoms with Gasteiger partial charge < -0.3 is 20.7 Å². The highest BCUT2D eigenvalue weighted by Crippen LogP contribution is 2.38. The first kappa shape index (κ1) is 13.6. The number of ether oxygens (including phenoxy) is 1. The molecule has 0 aliphatic carbocycles. The van der Waals surface area contributed by atoms with E-state index in [4.69, 9.17) is 10.5 Å². The van der Waals surface area contributed by atoms with Gasteiger partial charge in [0.05, 0.1) is 30.0 Å². The van der Waals surface area contributed by atoms with Gasteiger partial charge in [0, 0.05) is 18.0 Å². The van der Waals surface area contributed by atoms with Crippen LogP contribution in [0.25, 0.3) is 10.4 Å². The van der Waals surface area contributed by atoms with Crippen LogP contribution < -0.4 is 11.1 Å². The van der Waals surface area contributed by atoms with Crippen LogP contribution in [0.3, 0.4) is 0 Å². The number of thiophene rings is 1. The van der Waals surface area contributed by atoms with Crippen LogP contribution in [-0.2, 0) is 4.74 Å². The molecule has 6 heteroatoms. The summed E-state index contributed by atoms with van der Waals surface area (Å²) in [6, 6.07) is 9.71. The molecule has 3 N–H and O–H groups in total. The molecule has 0 atom stereocenters. The summed E-state index contributed by atoms with van der Waals surface area (Å²) in [5.41, 5.74) is 8.53. The number of nitrogens with zero attached hydrogens (tertiary/aromatic N) is 1. The van der Waals surface area contributed by atoms with E-state index in [1.807, 2.05) is 29.6 Å². The van der Waals surface area contributed by atoms with Gasteiger partial charge in [0.2, 0.25) is 0 Å². The van der Waals surface area contributed by atoms with E-state index in [-0.39, 0.29) is 11.4 Å². The fraction of sp³-hybridized carbons (Fsp3) is 0.312. The van der Waals surface area contributed by atoms with Crippen LogP contribution in [0.4, 0.5) is 16.2 Å². The van der Waals surface area contributed by atoms with Gasteiger partial charge in [-0.05, 0) is 29.1 Å². The Morgan fingerprint density at radius 2 is 2.14 bits per heavy atom.